The minimum atomic E-state index is -3.97. The Hall–Kier alpha value is 0.500. The largest absolute Gasteiger partial charge is 0.363 e. The van der Waals surface area contributed by atoms with Crippen molar-refractivity contribution in [3.8, 4) is 0 Å². The van der Waals surface area contributed by atoms with Crippen molar-refractivity contribution in [3.63, 3.8) is 0 Å². The van der Waals surface area contributed by atoms with Gasteiger partial charge in [-0.05, 0) is 25.2 Å². The van der Waals surface area contributed by atoms with Crippen molar-refractivity contribution in [1.29, 1.82) is 0 Å². The molecule has 0 aromatic heterocycles. The minimum Gasteiger partial charge on any atom is -0.321 e. The molecule has 0 aliphatic carbocycles. The van der Waals surface area contributed by atoms with Gasteiger partial charge in [0.15, 0.2) is 0 Å². The lowest BCUT2D eigenvalue weighted by atomic mass is 10.1. The fourth-order valence-corrected chi connectivity index (χ4v) is 3.01. The molecule has 0 fully saturated rings. The van der Waals surface area contributed by atoms with Crippen LogP contribution in [-0.4, -0.2) is 11.0 Å². The summed E-state index contributed by atoms with van der Waals surface area (Å²) in [5.74, 6) is 0. The minimum absolute atomic E-state index is 0.268. The molecule has 1 N–H and O–H groups in total. The predicted octanol–water partition coefficient (Wildman–Crippen LogP) is 5.50. The molecule has 2 unspecified atom stereocenters. The van der Waals surface area contributed by atoms with Crippen molar-refractivity contribution < 1.29 is 13.6 Å². The summed E-state index contributed by atoms with van der Waals surface area (Å²) in [7, 11) is 0. The number of halogens is 1. The zero-order valence-electron chi connectivity index (χ0n) is 11.7. The number of rotatable bonds is 12. The van der Waals surface area contributed by atoms with E-state index in [9.17, 15) is 4.20 Å². The molecule has 2 nitrogen and oxygen atoms in total. The molecule has 0 bridgehead atoms. The van der Waals surface area contributed by atoms with Gasteiger partial charge in [0.1, 0.15) is 0 Å². The molecule has 0 amide bonds. The standard InChI is InChI=1S/C13H28FO2PS/c1-3-4-5-6-7-8-9-10-11-12-13(2)16-17(14,15)18/h13H,3-12H2,1-2H3,(H,15,18). The van der Waals surface area contributed by atoms with Gasteiger partial charge in [-0.15, -0.1) is 0 Å². The van der Waals surface area contributed by atoms with Crippen LogP contribution >= 0.6 is 6.80 Å². The van der Waals surface area contributed by atoms with Gasteiger partial charge in [-0.2, -0.15) is 4.20 Å². The molecular formula is C13H28FO2PS. The van der Waals surface area contributed by atoms with Crippen LogP contribution in [0.5, 0.6) is 0 Å². The Morgan fingerprint density at radius 3 is 1.94 bits per heavy atom. The maximum atomic E-state index is 12.7. The molecule has 0 radical (unpaired) electrons. The fraction of sp³-hybridized carbons (Fsp3) is 1.00. The van der Waals surface area contributed by atoms with Gasteiger partial charge < -0.3 is 9.42 Å². The van der Waals surface area contributed by atoms with Crippen molar-refractivity contribution in [2.75, 3.05) is 0 Å². The molecule has 0 rings (SSSR count). The zero-order chi connectivity index (χ0) is 13.9. The van der Waals surface area contributed by atoms with E-state index in [0.717, 1.165) is 19.3 Å². The van der Waals surface area contributed by atoms with Crippen molar-refractivity contribution in [3.05, 3.63) is 0 Å². The van der Waals surface area contributed by atoms with Crippen LogP contribution in [0.15, 0.2) is 0 Å². The van der Waals surface area contributed by atoms with Gasteiger partial charge in [0, 0.05) is 0 Å². The van der Waals surface area contributed by atoms with Crippen LogP contribution in [0, 0.1) is 0 Å². The van der Waals surface area contributed by atoms with Crippen LogP contribution in [0.25, 0.3) is 0 Å². The number of hydrogen-bond acceptors (Lipinski definition) is 2. The summed E-state index contributed by atoms with van der Waals surface area (Å²) in [5, 5.41) is 0. The highest BCUT2D eigenvalue weighted by atomic mass is 32.5. The van der Waals surface area contributed by atoms with Crippen LogP contribution in [0.2, 0.25) is 0 Å². The molecule has 0 aliphatic rings. The van der Waals surface area contributed by atoms with E-state index < -0.39 is 6.80 Å². The first-order valence-corrected chi connectivity index (χ1v) is 9.73. The lowest BCUT2D eigenvalue weighted by Crippen LogP contribution is -2.04. The Balaban J connectivity index is 3.22. The molecule has 2 atom stereocenters. The second kappa shape index (κ2) is 11.3. The maximum absolute atomic E-state index is 12.7. The van der Waals surface area contributed by atoms with E-state index in [4.69, 9.17) is 9.42 Å². The first-order valence-electron chi connectivity index (χ1n) is 7.16. The van der Waals surface area contributed by atoms with Crippen LogP contribution in [0.4, 0.5) is 4.20 Å². The van der Waals surface area contributed by atoms with Gasteiger partial charge in [0.05, 0.1) is 6.10 Å². The van der Waals surface area contributed by atoms with E-state index >= 15 is 0 Å². The van der Waals surface area contributed by atoms with Crippen molar-refractivity contribution in [2.45, 2.75) is 84.2 Å². The first kappa shape index (κ1) is 18.5. The molecule has 0 saturated heterocycles. The molecule has 0 aliphatic heterocycles. The summed E-state index contributed by atoms with van der Waals surface area (Å²) in [6.07, 6.45) is 11.9. The molecule has 0 heterocycles. The van der Waals surface area contributed by atoms with Gasteiger partial charge in [0.2, 0.25) is 0 Å². The predicted molar refractivity (Wildman–Crippen MR) is 80.0 cm³/mol. The first-order chi connectivity index (χ1) is 8.45. The van der Waals surface area contributed by atoms with E-state index in [2.05, 4.69) is 18.7 Å². The van der Waals surface area contributed by atoms with Gasteiger partial charge in [-0.25, -0.2) is 0 Å². The van der Waals surface area contributed by atoms with Crippen molar-refractivity contribution in [2.24, 2.45) is 0 Å². The second-order valence-corrected chi connectivity index (χ2v) is 7.45. The molecule has 0 saturated carbocycles. The van der Waals surface area contributed by atoms with E-state index in [1.165, 1.54) is 44.9 Å². The van der Waals surface area contributed by atoms with Crippen LogP contribution in [0.3, 0.4) is 0 Å². The Morgan fingerprint density at radius 2 is 1.50 bits per heavy atom. The summed E-state index contributed by atoms with van der Waals surface area (Å²) < 4.78 is 17.4. The topological polar surface area (TPSA) is 29.5 Å². The highest BCUT2D eigenvalue weighted by molar-refractivity contribution is 8.06. The SMILES string of the molecule is CCCCCCCCCCCC(C)OP(O)(F)=S. The molecular weight excluding hydrogens is 270 g/mol. The maximum Gasteiger partial charge on any atom is 0.363 e. The van der Waals surface area contributed by atoms with Crippen LogP contribution in [0.1, 0.15) is 78.1 Å². The second-order valence-electron chi connectivity index (χ2n) is 4.98. The van der Waals surface area contributed by atoms with Crippen molar-refractivity contribution >= 4 is 18.6 Å². The molecule has 110 valence electrons. The highest BCUT2D eigenvalue weighted by Crippen LogP contribution is 2.45. The molecule has 18 heavy (non-hydrogen) atoms. The summed E-state index contributed by atoms with van der Waals surface area (Å²) in [4.78, 5) is 8.77. The third-order valence-electron chi connectivity index (χ3n) is 3.02. The molecule has 5 heteroatoms. The average Bonchev–Trinajstić information content (AvgIpc) is 2.24. The third-order valence-corrected chi connectivity index (χ3v) is 3.90. The summed E-state index contributed by atoms with van der Waals surface area (Å²) >= 11 is 4.21. The van der Waals surface area contributed by atoms with Gasteiger partial charge in [-0.3, -0.25) is 0 Å². The Bertz CT molecular complexity index is 233. The number of unbranched alkanes of at least 4 members (excludes halogenated alkanes) is 8. The molecule has 0 spiro atoms. The van der Waals surface area contributed by atoms with Crippen LogP contribution in [-0.2, 0) is 16.3 Å². The average molecular weight is 298 g/mol. The van der Waals surface area contributed by atoms with E-state index in [1.807, 2.05) is 0 Å². The lowest BCUT2D eigenvalue weighted by molar-refractivity contribution is 0.188. The van der Waals surface area contributed by atoms with E-state index in [0.29, 0.717) is 0 Å². The fourth-order valence-electron chi connectivity index (χ4n) is 2.02. The third kappa shape index (κ3) is 14.6. The monoisotopic (exact) mass is 298 g/mol. The van der Waals surface area contributed by atoms with Gasteiger partial charge >= 0.3 is 6.80 Å². The number of hydrogen-bond donors (Lipinski definition) is 1. The zero-order valence-corrected chi connectivity index (χ0v) is 13.4. The normalized spacial score (nSPS) is 16.4. The van der Waals surface area contributed by atoms with Crippen LogP contribution < -0.4 is 0 Å². The summed E-state index contributed by atoms with van der Waals surface area (Å²) in [5.41, 5.74) is 0. The summed E-state index contributed by atoms with van der Waals surface area (Å²) in [6.45, 7) is 0.0289. The van der Waals surface area contributed by atoms with E-state index in [-0.39, 0.29) is 6.10 Å². The quantitative estimate of drug-likeness (QED) is 0.381. The van der Waals surface area contributed by atoms with Gasteiger partial charge in [0.25, 0.3) is 0 Å². The van der Waals surface area contributed by atoms with Gasteiger partial charge in [-0.1, -0.05) is 64.7 Å². The molecule has 0 aromatic rings. The Morgan fingerprint density at radius 1 is 1.06 bits per heavy atom. The highest BCUT2D eigenvalue weighted by Gasteiger charge is 2.15. The summed E-state index contributed by atoms with van der Waals surface area (Å²) in [6, 6.07) is 0. The molecule has 0 aromatic carbocycles. The smallest absolute Gasteiger partial charge is 0.321 e. The van der Waals surface area contributed by atoms with Crippen molar-refractivity contribution in [1.82, 2.24) is 0 Å². The van der Waals surface area contributed by atoms with E-state index in [1.54, 1.807) is 6.92 Å². The Kier molecular flexibility index (Phi) is 11.7. The Labute approximate surface area is 117 Å². The lowest BCUT2D eigenvalue weighted by Gasteiger charge is -2.14.